The molecular formula is C22H27Cl2N3O4S. The van der Waals surface area contributed by atoms with Crippen molar-refractivity contribution < 1.29 is 18.3 Å². The number of sulfonamides is 1. The second kappa shape index (κ2) is 10.4. The quantitative estimate of drug-likeness (QED) is 0.603. The van der Waals surface area contributed by atoms with Crippen LogP contribution in [0.3, 0.4) is 0 Å². The van der Waals surface area contributed by atoms with Crippen LogP contribution in [-0.2, 0) is 14.8 Å². The van der Waals surface area contributed by atoms with Gasteiger partial charge in [-0.3, -0.25) is 14.0 Å². The fraction of sp³-hybridized carbons (Fsp3) is 0.409. The summed E-state index contributed by atoms with van der Waals surface area (Å²) in [5.41, 5.74) is 1.12. The Morgan fingerprint density at radius 1 is 1.22 bits per heavy atom. The molecule has 0 saturated carbocycles. The Labute approximate surface area is 199 Å². The zero-order chi connectivity index (χ0) is 23.5. The van der Waals surface area contributed by atoms with E-state index in [1.54, 1.807) is 11.9 Å². The normalized spacial score (nSPS) is 17.8. The molecule has 1 N–H and O–H groups in total. The van der Waals surface area contributed by atoms with E-state index in [-0.39, 0.29) is 28.8 Å². The maximum absolute atomic E-state index is 13.3. The molecule has 3 rings (SSSR count). The van der Waals surface area contributed by atoms with Crippen LogP contribution in [0.25, 0.3) is 0 Å². The number of β-amino-alcohol motifs (C(OH)–C–C–N with tert-alkyl or cyclic N) is 1. The lowest BCUT2D eigenvalue weighted by molar-refractivity contribution is -0.130. The third-order valence-electron chi connectivity index (χ3n) is 5.58. The van der Waals surface area contributed by atoms with Crippen LogP contribution in [0.4, 0.5) is 5.69 Å². The zero-order valence-electron chi connectivity index (χ0n) is 18.0. The van der Waals surface area contributed by atoms with Crippen LogP contribution in [0.1, 0.15) is 18.0 Å². The van der Waals surface area contributed by atoms with Crippen molar-refractivity contribution in [2.24, 2.45) is 0 Å². The molecule has 1 saturated heterocycles. The average Bonchev–Trinajstić information content (AvgIpc) is 3.15. The number of halogens is 2. The van der Waals surface area contributed by atoms with Crippen LogP contribution < -0.4 is 4.31 Å². The molecule has 1 heterocycles. The molecule has 0 aromatic heterocycles. The van der Waals surface area contributed by atoms with Gasteiger partial charge in [0.05, 0.1) is 29.1 Å². The van der Waals surface area contributed by atoms with E-state index >= 15 is 0 Å². The van der Waals surface area contributed by atoms with Gasteiger partial charge in [-0.25, -0.2) is 8.42 Å². The van der Waals surface area contributed by atoms with Crippen molar-refractivity contribution >= 4 is 44.8 Å². The number of aliphatic hydroxyl groups excluding tert-OH is 1. The highest BCUT2D eigenvalue weighted by atomic mass is 35.5. The molecule has 2 aromatic carbocycles. The first-order valence-corrected chi connectivity index (χ1v) is 12.8. The van der Waals surface area contributed by atoms with Crippen LogP contribution in [0.5, 0.6) is 0 Å². The molecule has 2 atom stereocenters. The zero-order valence-corrected chi connectivity index (χ0v) is 20.3. The summed E-state index contributed by atoms with van der Waals surface area (Å²) < 4.78 is 26.0. The van der Waals surface area contributed by atoms with E-state index in [0.29, 0.717) is 24.5 Å². The summed E-state index contributed by atoms with van der Waals surface area (Å²) in [6.45, 7) is 1.41. The molecule has 0 unspecified atom stereocenters. The van der Waals surface area contributed by atoms with E-state index in [1.807, 2.05) is 30.3 Å². The molecule has 0 bridgehead atoms. The molecule has 1 aliphatic rings. The van der Waals surface area contributed by atoms with Crippen LogP contribution in [-0.4, -0.2) is 74.8 Å². The molecule has 1 aliphatic heterocycles. The highest BCUT2D eigenvalue weighted by Gasteiger charge is 2.31. The summed E-state index contributed by atoms with van der Waals surface area (Å²) in [5.74, 6) is -0.380. The summed E-state index contributed by atoms with van der Waals surface area (Å²) in [6, 6.07) is 13.7. The highest BCUT2D eigenvalue weighted by Crippen LogP contribution is 2.31. The van der Waals surface area contributed by atoms with Gasteiger partial charge in [0.15, 0.2) is 0 Å². The second-order valence-corrected chi connectivity index (χ2v) is 10.7. The Hall–Kier alpha value is -1.84. The van der Waals surface area contributed by atoms with Crippen molar-refractivity contribution in [2.75, 3.05) is 43.8 Å². The van der Waals surface area contributed by atoms with E-state index < -0.39 is 16.6 Å². The first-order chi connectivity index (χ1) is 15.1. The molecular weight excluding hydrogens is 473 g/mol. The van der Waals surface area contributed by atoms with Gasteiger partial charge in [-0.05, 0) is 30.2 Å². The first-order valence-electron chi connectivity index (χ1n) is 10.2. The van der Waals surface area contributed by atoms with Crippen molar-refractivity contribution in [3.8, 4) is 0 Å². The lowest BCUT2D eigenvalue weighted by atomic mass is 10.0. The second-order valence-electron chi connectivity index (χ2n) is 8.00. The van der Waals surface area contributed by atoms with Crippen LogP contribution in [0.15, 0.2) is 48.5 Å². The number of rotatable bonds is 8. The fourth-order valence-corrected chi connectivity index (χ4v) is 5.24. The summed E-state index contributed by atoms with van der Waals surface area (Å²) >= 11 is 12.2. The maximum Gasteiger partial charge on any atom is 0.243 e. The first kappa shape index (κ1) is 24.8. The molecule has 2 aromatic rings. The number of nitrogens with zero attached hydrogens (tertiary/aromatic N) is 3. The fourth-order valence-electron chi connectivity index (χ4n) is 3.82. The number of likely N-dealkylation sites (N-methyl/N-ethyl adjacent to an activating group) is 1. The van der Waals surface area contributed by atoms with E-state index in [4.69, 9.17) is 23.2 Å². The number of carbonyl (C=O) groups excluding carboxylic acids is 1. The minimum absolute atomic E-state index is 0.143. The highest BCUT2D eigenvalue weighted by molar-refractivity contribution is 7.92. The van der Waals surface area contributed by atoms with Crippen LogP contribution in [0.2, 0.25) is 10.0 Å². The van der Waals surface area contributed by atoms with Crippen molar-refractivity contribution in [1.29, 1.82) is 0 Å². The summed E-state index contributed by atoms with van der Waals surface area (Å²) in [7, 11) is -2.12. The number of hydrogen-bond donors (Lipinski definition) is 1. The molecule has 1 fully saturated rings. The Bertz CT molecular complexity index is 1050. The van der Waals surface area contributed by atoms with Crippen molar-refractivity contribution in [3.63, 3.8) is 0 Å². The SMILES string of the molecule is CN(C(=O)CN(c1ccc(Cl)cc1Cl)S(C)(=O)=O)[C@H](CN1CC[C@H](O)C1)c1ccccc1. The third kappa shape index (κ3) is 6.14. The average molecular weight is 500 g/mol. The Balaban J connectivity index is 1.86. The number of aliphatic hydroxyl groups is 1. The number of benzene rings is 2. The van der Waals surface area contributed by atoms with Crippen molar-refractivity contribution in [1.82, 2.24) is 9.80 Å². The molecule has 7 nitrogen and oxygen atoms in total. The lowest BCUT2D eigenvalue weighted by Gasteiger charge is -2.33. The molecule has 174 valence electrons. The predicted octanol–water partition coefficient (Wildman–Crippen LogP) is 3.03. The van der Waals surface area contributed by atoms with Gasteiger partial charge in [0.25, 0.3) is 0 Å². The number of likely N-dealkylation sites (tertiary alicyclic amines) is 1. The van der Waals surface area contributed by atoms with Gasteiger partial charge >= 0.3 is 0 Å². The standard InChI is InChI=1S/C22H27Cl2N3O4S/c1-25(21(16-6-4-3-5-7-16)14-26-11-10-18(28)13-26)22(29)15-27(32(2,30)31)20-9-8-17(23)12-19(20)24/h3-9,12,18,21,28H,10-11,13-15H2,1-2H3/t18-,21+/m0/s1. The molecule has 0 aliphatic carbocycles. The minimum atomic E-state index is -3.79. The van der Waals surface area contributed by atoms with Gasteiger partial charge < -0.3 is 10.0 Å². The van der Waals surface area contributed by atoms with Gasteiger partial charge in [0.2, 0.25) is 15.9 Å². The Morgan fingerprint density at radius 3 is 2.47 bits per heavy atom. The third-order valence-corrected chi connectivity index (χ3v) is 7.25. The van der Waals surface area contributed by atoms with Crippen LogP contribution in [0, 0.1) is 0 Å². The lowest BCUT2D eigenvalue weighted by Crippen LogP contribution is -2.45. The van der Waals surface area contributed by atoms with Crippen molar-refractivity contribution in [3.05, 3.63) is 64.1 Å². The number of hydrogen-bond acceptors (Lipinski definition) is 5. The molecule has 1 amide bonds. The largest absolute Gasteiger partial charge is 0.392 e. The molecule has 0 radical (unpaired) electrons. The monoisotopic (exact) mass is 499 g/mol. The van der Waals surface area contributed by atoms with E-state index in [2.05, 4.69) is 4.90 Å². The number of carbonyl (C=O) groups is 1. The summed E-state index contributed by atoms with van der Waals surface area (Å²) in [6.07, 6.45) is 1.35. The summed E-state index contributed by atoms with van der Waals surface area (Å²) in [5, 5.41) is 10.4. The predicted molar refractivity (Wildman–Crippen MR) is 128 cm³/mol. The topological polar surface area (TPSA) is 81.2 Å². The Kier molecular flexibility index (Phi) is 8.06. The van der Waals surface area contributed by atoms with Gasteiger partial charge in [-0.2, -0.15) is 0 Å². The minimum Gasteiger partial charge on any atom is -0.392 e. The van der Waals surface area contributed by atoms with Gasteiger partial charge in [0.1, 0.15) is 6.54 Å². The smallest absolute Gasteiger partial charge is 0.243 e. The van der Waals surface area contributed by atoms with E-state index in [1.165, 1.54) is 18.2 Å². The Morgan fingerprint density at radius 2 is 1.91 bits per heavy atom. The molecule has 0 spiro atoms. The van der Waals surface area contributed by atoms with E-state index in [9.17, 15) is 18.3 Å². The number of anilines is 1. The van der Waals surface area contributed by atoms with Gasteiger partial charge in [-0.15, -0.1) is 0 Å². The number of amides is 1. The van der Waals surface area contributed by atoms with Crippen molar-refractivity contribution in [2.45, 2.75) is 18.6 Å². The van der Waals surface area contributed by atoms with Gasteiger partial charge in [-0.1, -0.05) is 53.5 Å². The maximum atomic E-state index is 13.3. The van der Waals surface area contributed by atoms with Gasteiger partial charge in [0, 0.05) is 31.7 Å². The molecule has 10 heteroatoms. The van der Waals surface area contributed by atoms with Crippen LogP contribution >= 0.6 is 23.2 Å². The van der Waals surface area contributed by atoms with E-state index in [0.717, 1.165) is 22.7 Å². The summed E-state index contributed by atoms with van der Waals surface area (Å²) in [4.78, 5) is 17.0. The molecule has 32 heavy (non-hydrogen) atoms.